The van der Waals surface area contributed by atoms with Crippen molar-refractivity contribution in [2.24, 2.45) is 7.05 Å². The molecular formula is C23H24N6O2S3. The number of aromatic nitrogens is 5. The largest absolute Gasteiger partial charge is 0.497 e. The van der Waals surface area contributed by atoms with Crippen molar-refractivity contribution < 1.29 is 4.74 Å². The summed E-state index contributed by atoms with van der Waals surface area (Å²) in [6.07, 6.45) is 6.51. The fraction of sp³-hybridized carbons (Fsp3) is 0.304. The molecule has 0 aliphatic carbocycles. The summed E-state index contributed by atoms with van der Waals surface area (Å²) in [6, 6.07) is 6.13. The summed E-state index contributed by atoms with van der Waals surface area (Å²) < 4.78 is 10.7. The summed E-state index contributed by atoms with van der Waals surface area (Å²) in [5.74, 6) is 0.866. The first-order valence-corrected chi connectivity index (χ1v) is 13.6. The molecule has 0 radical (unpaired) electrons. The molecule has 0 saturated carbocycles. The van der Waals surface area contributed by atoms with Gasteiger partial charge in [0.2, 0.25) is 0 Å². The lowest BCUT2D eigenvalue weighted by Crippen LogP contribution is -2.24. The Labute approximate surface area is 208 Å². The van der Waals surface area contributed by atoms with Crippen LogP contribution in [0.5, 0.6) is 5.75 Å². The second-order valence-electron chi connectivity index (χ2n) is 7.74. The van der Waals surface area contributed by atoms with Gasteiger partial charge < -0.3 is 14.6 Å². The number of anilines is 1. The van der Waals surface area contributed by atoms with Crippen molar-refractivity contribution >= 4 is 60.8 Å². The minimum atomic E-state index is -0.121. The van der Waals surface area contributed by atoms with Gasteiger partial charge in [-0.15, -0.1) is 22.7 Å². The molecule has 0 saturated heterocycles. The van der Waals surface area contributed by atoms with Crippen LogP contribution in [-0.4, -0.2) is 37.7 Å². The molecule has 0 bridgehead atoms. The van der Waals surface area contributed by atoms with Crippen LogP contribution in [0.3, 0.4) is 0 Å². The van der Waals surface area contributed by atoms with E-state index in [2.05, 4.69) is 39.4 Å². The molecule has 0 aliphatic rings. The summed E-state index contributed by atoms with van der Waals surface area (Å²) in [5.41, 5.74) is 3.80. The maximum Gasteiger partial charge on any atom is 0.291 e. The van der Waals surface area contributed by atoms with Gasteiger partial charge in [0.25, 0.3) is 5.56 Å². The number of nitrogens with zero attached hydrogens (tertiary/aromatic N) is 5. The molecule has 0 atom stereocenters. The molecule has 11 heteroatoms. The average molecular weight is 513 g/mol. The van der Waals surface area contributed by atoms with E-state index in [1.165, 1.54) is 27.1 Å². The van der Waals surface area contributed by atoms with E-state index < -0.39 is 0 Å². The number of benzene rings is 1. The first-order valence-electron chi connectivity index (χ1n) is 10.8. The van der Waals surface area contributed by atoms with Crippen molar-refractivity contribution in [3.05, 3.63) is 57.0 Å². The van der Waals surface area contributed by atoms with Crippen LogP contribution in [0.25, 0.3) is 21.3 Å². The Balaban J connectivity index is 1.35. The maximum atomic E-state index is 13.2. The second-order valence-corrected chi connectivity index (χ2v) is 10.9. The Bertz CT molecular complexity index is 1550. The number of nitrogens with one attached hydrogen (secondary N) is 1. The van der Waals surface area contributed by atoms with E-state index in [1.807, 2.05) is 23.9 Å². The third-order valence-electron chi connectivity index (χ3n) is 5.76. The van der Waals surface area contributed by atoms with Crippen molar-refractivity contribution in [2.45, 2.75) is 30.8 Å². The fourth-order valence-electron chi connectivity index (χ4n) is 3.98. The smallest absolute Gasteiger partial charge is 0.291 e. The van der Waals surface area contributed by atoms with Gasteiger partial charge in [0.05, 0.1) is 24.6 Å². The fourth-order valence-corrected chi connectivity index (χ4v) is 6.37. The van der Waals surface area contributed by atoms with Gasteiger partial charge in [-0.05, 0) is 35.9 Å². The van der Waals surface area contributed by atoms with Crippen LogP contribution in [0.4, 0.5) is 5.13 Å². The van der Waals surface area contributed by atoms with Crippen LogP contribution < -0.4 is 15.6 Å². The lowest BCUT2D eigenvalue weighted by molar-refractivity contribution is 0.414. The molecule has 0 spiro atoms. The minimum absolute atomic E-state index is 0.121. The number of methoxy groups -OCH3 is 1. The van der Waals surface area contributed by atoms with E-state index in [0.717, 1.165) is 42.3 Å². The van der Waals surface area contributed by atoms with Crippen molar-refractivity contribution in [1.82, 2.24) is 24.3 Å². The molecule has 34 heavy (non-hydrogen) atoms. The van der Waals surface area contributed by atoms with E-state index >= 15 is 0 Å². The summed E-state index contributed by atoms with van der Waals surface area (Å²) in [7, 11) is 3.57. The van der Waals surface area contributed by atoms with Crippen molar-refractivity contribution in [3.8, 4) is 5.75 Å². The molecule has 1 N–H and O–H groups in total. The van der Waals surface area contributed by atoms with E-state index in [0.29, 0.717) is 18.6 Å². The molecule has 1 aromatic carbocycles. The highest BCUT2D eigenvalue weighted by Crippen LogP contribution is 2.34. The van der Waals surface area contributed by atoms with Gasteiger partial charge in [0.15, 0.2) is 15.1 Å². The molecule has 0 aliphatic heterocycles. The zero-order valence-corrected chi connectivity index (χ0v) is 21.7. The van der Waals surface area contributed by atoms with Crippen molar-refractivity contribution in [2.75, 3.05) is 18.7 Å². The summed E-state index contributed by atoms with van der Waals surface area (Å²) in [6.45, 7) is 3.18. The predicted octanol–water partition coefficient (Wildman–Crippen LogP) is 4.75. The first-order chi connectivity index (χ1) is 16.5. The van der Waals surface area contributed by atoms with Gasteiger partial charge in [-0.1, -0.05) is 24.8 Å². The topological polar surface area (TPSA) is 86.9 Å². The normalized spacial score (nSPS) is 11.5. The third-order valence-corrected chi connectivity index (χ3v) is 8.77. The van der Waals surface area contributed by atoms with E-state index in [9.17, 15) is 4.79 Å². The highest BCUT2D eigenvalue weighted by molar-refractivity contribution is 8.00. The number of rotatable bonds is 8. The molecule has 0 unspecified atom stereocenters. The number of fused-ring (bicyclic) bond motifs is 3. The molecular weight excluding hydrogens is 488 g/mol. The Hall–Kier alpha value is -2.89. The van der Waals surface area contributed by atoms with Crippen molar-refractivity contribution in [3.63, 3.8) is 0 Å². The highest BCUT2D eigenvalue weighted by atomic mass is 32.2. The van der Waals surface area contributed by atoms with Gasteiger partial charge in [0.1, 0.15) is 11.3 Å². The number of hydrogen-bond donors (Lipinski definition) is 1. The maximum absolute atomic E-state index is 13.2. The highest BCUT2D eigenvalue weighted by Gasteiger charge is 2.18. The zero-order valence-electron chi connectivity index (χ0n) is 19.3. The molecule has 5 aromatic rings. The number of thiazole rings is 2. The van der Waals surface area contributed by atoms with Crippen LogP contribution in [-0.2, 0) is 26.6 Å². The van der Waals surface area contributed by atoms with Crippen LogP contribution in [0.15, 0.2) is 39.7 Å². The van der Waals surface area contributed by atoms with E-state index in [1.54, 1.807) is 42.6 Å². The number of thioether (sulfide) groups is 1. The van der Waals surface area contributed by atoms with Gasteiger partial charge in [-0.2, -0.15) is 5.10 Å². The van der Waals surface area contributed by atoms with Crippen LogP contribution in [0.2, 0.25) is 0 Å². The lowest BCUT2D eigenvalue weighted by atomic mass is 10.0. The molecule has 4 aromatic heterocycles. The van der Waals surface area contributed by atoms with Crippen LogP contribution in [0.1, 0.15) is 22.9 Å². The van der Waals surface area contributed by atoms with Crippen molar-refractivity contribution in [1.29, 1.82) is 0 Å². The Morgan fingerprint density at radius 1 is 1.21 bits per heavy atom. The van der Waals surface area contributed by atoms with Gasteiger partial charge in [-0.25, -0.2) is 14.6 Å². The predicted molar refractivity (Wildman–Crippen MR) is 141 cm³/mol. The summed E-state index contributed by atoms with van der Waals surface area (Å²) in [4.78, 5) is 23.3. The van der Waals surface area contributed by atoms with Crippen LogP contribution in [0, 0.1) is 0 Å². The van der Waals surface area contributed by atoms with Gasteiger partial charge >= 0.3 is 0 Å². The zero-order chi connectivity index (χ0) is 23.8. The third kappa shape index (κ3) is 4.08. The molecule has 4 heterocycles. The lowest BCUT2D eigenvalue weighted by Gasteiger charge is -2.10. The summed E-state index contributed by atoms with van der Waals surface area (Å²) in [5, 5.41) is 9.53. The number of ether oxygens (including phenoxy) is 1. The summed E-state index contributed by atoms with van der Waals surface area (Å²) >= 11 is 4.74. The monoisotopic (exact) mass is 512 g/mol. The standard InChI is InChI=1S/C23H24N6O2S3/c1-5-13-8-15(31-3)7-6-14(13)9-24-22-25-10-16(33-22)12-29-21(30)18-17(11-26-29)19-20(28(18)2)27-23(32-4)34-19/h6-8,10-11H,5,9,12H2,1-4H3,(H,24,25). The van der Waals surface area contributed by atoms with Gasteiger partial charge in [-0.3, -0.25) is 4.79 Å². The number of hydrogen-bond acceptors (Lipinski definition) is 9. The molecule has 0 fully saturated rings. The first kappa shape index (κ1) is 22.9. The quantitative estimate of drug-likeness (QED) is 0.300. The molecule has 5 rings (SSSR count). The SMILES string of the molecule is CCc1cc(OC)ccc1CNc1ncc(Cn2ncc3c4sc(SC)nc4n(C)c3c2=O)s1. The molecule has 8 nitrogen and oxygen atoms in total. The molecule has 0 amide bonds. The molecule has 176 valence electrons. The number of aryl methyl sites for hydroxylation is 2. The van der Waals surface area contributed by atoms with E-state index in [4.69, 9.17) is 4.74 Å². The second kappa shape index (κ2) is 9.40. The Kier molecular flexibility index (Phi) is 6.32. The Morgan fingerprint density at radius 2 is 2.06 bits per heavy atom. The Morgan fingerprint density at radius 3 is 2.82 bits per heavy atom. The van der Waals surface area contributed by atoms with Gasteiger partial charge in [0, 0.05) is 30.1 Å². The average Bonchev–Trinajstić information content (AvgIpc) is 3.55. The van der Waals surface area contributed by atoms with E-state index in [-0.39, 0.29) is 5.56 Å². The van der Waals surface area contributed by atoms with Crippen LogP contribution >= 0.6 is 34.4 Å². The minimum Gasteiger partial charge on any atom is -0.497 e.